The lowest BCUT2D eigenvalue weighted by Gasteiger charge is -2.23. The monoisotopic (exact) mass is 334 g/mol. The lowest BCUT2D eigenvalue weighted by molar-refractivity contribution is -0.137. The summed E-state index contributed by atoms with van der Waals surface area (Å²) in [5, 5.41) is 11.1. The van der Waals surface area contributed by atoms with E-state index >= 15 is 0 Å². The van der Waals surface area contributed by atoms with Crippen molar-refractivity contribution in [3.63, 3.8) is 0 Å². The van der Waals surface area contributed by atoms with Gasteiger partial charge in [0.1, 0.15) is 16.4 Å². The first-order valence-electron chi connectivity index (χ1n) is 7.20. The first kappa shape index (κ1) is 17.0. The summed E-state index contributed by atoms with van der Waals surface area (Å²) in [6.45, 7) is 4.62. The first-order valence-corrected chi connectivity index (χ1v) is 8.08. The number of rotatable bonds is 7. The van der Waals surface area contributed by atoms with Crippen molar-refractivity contribution in [2.45, 2.75) is 20.3 Å². The quantitative estimate of drug-likeness (QED) is 0.833. The zero-order valence-electron chi connectivity index (χ0n) is 13.0. The molecule has 0 unspecified atom stereocenters. The van der Waals surface area contributed by atoms with Crippen molar-refractivity contribution in [3.05, 3.63) is 29.7 Å². The van der Waals surface area contributed by atoms with E-state index in [0.29, 0.717) is 22.9 Å². The molecule has 0 aliphatic rings. The van der Waals surface area contributed by atoms with Gasteiger partial charge in [-0.15, -0.1) is 11.3 Å². The maximum atomic E-state index is 12.6. The summed E-state index contributed by atoms with van der Waals surface area (Å²) in [6, 6.07) is 0. The van der Waals surface area contributed by atoms with Crippen molar-refractivity contribution in [1.29, 1.82) is 0 Å². The highest BCUT2D eigenvalue weighted by molar-refractivity contribution is 7.13. The summed E-state index contributed by atoms with van der Waals surface area (Å²) < 4.78 is 0. The second-order valence-electron chi connectivity index (χ2n) is 5.42. The van der Waals surface area contributed by atoms with Crippen LogP contribution in [0.25, 0.3) is 10.7 Å². The van der Waals surface area contributed by atoms with E-state index in [0.717, 1.165) is 0 Å². The van der Waals surface area contributed by atoms with E-state index in [9.17, 15) is 9.59 Å². The molecular weight excluding hydrogens is 316 g/mol. The Hall–Kier alpha value is -2.35. The molecular formula is C15H18N4O3S. The summed E-state index contributed by atoms with van der Waals surface area (Å²) in [6.07, 6.45) is 4.64. The average Bonchev–Trinajstić information content (AvgIpc) is 3.01. The van der Waals surface area contributed by atoms with Crippen LogP contribution in [0.1, 0.15) is 30.8 Å². The summed E-state index contributed by atoms with van der Waals surface area (Å²) in [5.41, 5.74) is 0.916. The molecule has 0 saturated carbocycles. The highest BCUT2D eigenvalue weighted by atomic mass is 32.1. The minimum Gasteiger partial charge on any atom is -0.481 e. The molecule has 0 aliphatic carbocycles. The van der Waals surface area contributed by atoms with Gasteiger partial charge in [0.2, 0.25) is 0 Å². The first-order chi connectivity index (χ1) is 11.0. The maximum absolute atomic E-state index is 12.6. The van der Waals surface area contributed by atoms with E-state index in [4.69, 9.17) is 5.11 Å². The Labute approximate surface area is 138 Å². The topological polar surface area (TPSA) is 96.3 Å². The zero-order valence-corrected chi connectivity index (χ0v) is 13.8. The lowest BCUT2D eigenvalue weighted by atomic mass is 10.2. The number of amides is 1. The number of aliphatic carboxylic acids is 1. The third kappa shape index (κ3) is 4.82. The molecule has 23 heavy (non-hydrogen) atoms. The van der Waals surface area contributed by atoms with Crippen LogP contribution in [0.5, 0.6) is 0 Å². The fourth-order valence-electron chi connectivity index (χ4n) is 2.01. The molecule has 8 heteroatoms. The Morgan fingerprint density at radius 2 is 2.13 bits per heavy atom. The van der Waals surface area contributed by atoms with Gasteiger partial charge in [-0.2, -0.15) is 0 Å². The predicted octanol–water partition coefficient (Wildman–Crippen LogP) is 2.17. The van der Waals surface area contributed by atoms with Gasteiger partial charge in [-0.3, -0.25) is 19.6 Å². The molecule has 2 rings (SSSR count). The Balaban J connectivity index is 2.16. The normalized spacial score (nSPS) is 10.7. The molecule has 0 radical (unpaired) electrons. The molecule has 0 spiro atoms. The number of hydrogen-bond acceptors (Lipinski definition) is 6. The van der Waals surface area contributed by atoms with Crippen molar-refractivity contribution in [2.24, 2.45) is 5.92 Å². The lowest BCUT2D eigenvalue weighted by Crippen LogP contribution is -2.36. The Morgan fingerprint density at radius 3 is 2.74 bits per heavy atom. The molecule has 0 fully saturated rings. The van der Waals surface area contributed by atoms with Crippen molar-refractivity contribution in [3.8, 4) is 10.7 Å². The second kappa shape index (κ2) is 7.77. The molecule has 1 N–H and O–H groups in total. The van der Waals surface area contributed by atoms with Gasteiger partial charge in [0, 0.05) is 30.9 Å². The Morgan fingerprint density at radius 1 is 1.35 bits per heavy atom. The van der Waals surface area contributed by atoms with Gasteiger partial charge in [0.15, 0.2) is 0 Å². The molecule has 2 aromatic heterocycles. The minimum absolute atomic E-state index is 0.0837. The molecule has 0 aliphatic heterocycles. The number of hydrogen-bond donors (Lipinski definition) is 1. The van der Waals surface area contributed by atoms with Gasteiger partial charge >= 0.3 is 5.97 Å². The molecule has 0 aromatic carbocycles. The van der Waals surface area contributed by atoms with E-state index in [1.54, 1.807) is 24.0 Å². The van der Waals surface area contributed by atoms with Crippen LogP contribution in [0.2, 0.25) is 0 Å². The molecule has 7 nitrogen and oxygen atoms in total. The van der Waals surface area contributed by atoms with Gasteiger partial charge in [0.25, 0.3) is 5.91 Å². The highest BCUT2D eigenvalue weighted by Crippen LogP contribution is 2.21. The molecule has 1 amide bonds. The fraction of sp³-hybridized carbons (Fsp3) is 0.400. The van der Waals surface area contributed by atoms with Crippen molar-refractivity contribution < 1.29 is 14.7 Å². The molecule has 2 heterocycles. The van der Waals surface area contributed by atoms with Crippen LogP contribution in [-0.2, 0) is 4.79 Å². The van der Waals surface area contributed by atoms with Crippen molar-refractivity contribution in [1.82, 2.24) is 19.9 Å². The Kier molecular flexibility index (Phi) is 5.75. The van der Waals surface area contributed by atoms with Crippen LogP contribution < -0.4 is 0 Å². The van der Waals surface area contributed by atoms with E-state index < -0.39 is 5.97 Å². The molecule has 0 atom stereocenters. The predicted molar refractivity (Wildman–Crippen MR) is 86.1 cm³/mol. The molecule has 0 saturated heterocycles. The van der Waals surface area contributed by atoms with Crippen LogP contribution in [-0.4, -0.2) is 49.9 Å². The van der Waals surface area contributed by atoms with Crippen LogP contribution in [0.15, 0.2) is 24.0 Å². The summed E-state index contributed by atoms with van der Waals surface area (Å²) >= 11 is 1.31. The van der Waals surface area contributed by atoms with E-state index in [2.05, 4.69) is 15.0 Å². The average molecular weight is 334 g/mol. The van der Waals surface area contributed by atoms with Gasteiger partial charge < -0.3 is 10.0 Å². The number of aromatic nitrogens is 3. The maximum Gasteiger partial charge on any atom is 0.305 e. The summed E-state index contributed by atoms with van der Waals surface area (Å²) in [4.78, 5) is 37.3. The zero-order chi connectivity index (χ0) is 16.8. The third-order valence-electron chi connectivity index (χ3n) is 2.97. The standard InChI is InChI=1S/C15H18N4O3S/c1-10(2)8-19(6-3-13(20)21)15(22)12-9-23-14(18-12)11-7-16-4-5-17-11/h4-5,7,9-10H,3,6,8H2,1-2H3,(H,20,21). The number of nitrogens with zero attached hydrogens (tertiary/aromatic N) is 4. The minimum atomic E-state index is -0.926. The van der Waals surface area contributed by atoms with Crippen LogP contribution >= 0.6 is 11.3 Å². The van der Waals surface area contributed by atoms with Crippen molar-refractivity contribution in [2.75, 3.05) is 13.1 Å². The second-order valence-corrected chi connectivity index (χ2v) is 6.28. The van der Waals surface area contributed by atoms with Crippen molar-refractivity contribution >= 4 is 23.2 Å². The number of carboxylic acids is 1. The number of carbonyl (C=O) groups excluding carboxylic acids is 1. The van der Waals surface area contributed by atoms with Crippen LogP contribution in [0.3, 0.4) is 0 Å². The molecule has 122 valence electrons. The highest BCUT2D eigenvalue weighted by Gasteiger charge is 2.21. The molecule has 2 aromatic rings. The number of carbonyl (C=O) groups is 2. The summed E-state index contributed by atoms with van der Waals surface area (Å²) in [5.74, 6) is -0.942. The van der Waals surface area contributed by atoms with E-state index in [1.165, 1.54) is 16.2 Å². The largest absolute Gasteiger partial charge is 0.481 e. The van der Waals surface area contributed by atoms with Crippen LogP contribution in [0.4, 0.5) is 0 Å². The van der Waals surface area contributed by atoms with E-state index in [1.807, 2.05) is 13.8 Å². The third-order valence-corrected chi connectivity index (χ3v) is 3.84. The van der Waals surface area contributed by atoms with E-state index in [-0.39, 0.29) is 24.8 Å². The number of carboxylic acid groups (broad SMARTS) is 1. The summed E-state index contributed by atoms with van der Waals surface area (Å²) in [7, 11) is 0. The van der Waals surface area contributed by atoms with Crippen LogP contribution in [0, 0.1) is 5.92 Å². The van der Waals surface area contributed by atoms with Gasteiger partial charge in [-0.1, -0.05) is 13.8 Å². The number of thiazole rings is 1. The van der Waals surface area contributed by atoms with Gasteiger partial charge in [0.05, 0.1) is 12.6 Å². The fourth-order valence-corrected chi connectivity index (χ4v) is 2.76. The Bertz CT molecular complexity index is 672. The van der Waals surface area contributed by atoms with Gasteiger partial charge in [-0.05, 0) is 5.92 Å². The smallest absolute Gasteiger partial charge is 0.305 e. The molecule has 0 bridgehead atoms. The SMILES string of the molecule is CC(C)CN(CCC(=O)O)C(=O)c1csc(-c2cnccn2)n1. The van der Waals surface area contributed by atoms with Gasteiger partial charge in [-0.25, -0.2) is 4.98 Å².